The van der Waals surface area contributed by atoms with E-state index >= 15 is 0 Å². The van der Waals surface area contributed by atoms with E-state index in [1.165, 1.54) is 37.4 Å². The van der Waals surface area contributed by atoms with Crippen molar-refractivity contribution in [3.8, 4) is 5.75 Å². The molecule has 0 radical (unpaired) electrons. The second-order valence-electron chi connectivity index (χ2n) is 4.52. The van der Waals surface area contributed by atoms with Gasteiger partial charge in [-0.1, -0.05) is 24.3 Å². The van der Waals surface area contributed by atoms with Gasteiger partial charge in [0.15, 0.2) is 0 Å². The number of hydrogen-bond donors (Lipinski definition) is 1. The standard InChI is InChI=1S/C16H13F3N2O2/c1-23-13-7-4-6-11(9-13)15(22)21-20-10-12-5-2-3-8-14(12)16(17,18)19/h2-10H,1H3,(H,21,22)/b20-10-. The van der Waals surface area contributed by atoms with Crippen LogP contribution < -0.4 is 10.2 Å². The van der Waals surface area contributed by atoms with Gasteiger partial charge in [-0.25, -0.2) is 5.43 Å². The molecule has 0 bridgehead atoms. The van der Waals surface area contributed by atoms with E-state index in [0.717, 1.165) is 12.3 Å². The molecule has 0 atom stereocenters. The van der Waals surface area contributed by atoms with Crippen LogP contribution in [0, 0.1) is 0 Å². The van der Waals surface area contributed by atoms with E-state index in [0.29, 0.717) is 5.75 Å². The van der Waals surface area contributed by atoms with Gasteiger partial charge in [-0.15, -0.1) is 0 Å². The molecule has 0 fully saturated rings. The number of nitrogens with one attached hydrogen (secondary N) is 1. The van der Waals surface area contributed by atoms with Crippen LogP contribution in [0.15, 0.2) is 53.6 Å². The number of hydrazone groups is 1. The van der Waals surface area contributed by atoms with Crippen LogP contribution in [-0.2, 0) is 6.18 Å². The number of hydrogen-bond acceptors (Lipinski definition) is 3. The maximum absolute atomic E-state index is 12.8. The highest BCUT2D eigenvalue weighted by Gasteiger charge is 2.32. The highest BCUT2D eigenvalue weighted by atomic mass is 19.4. The van der Waals surface area contributed by atoms with E-state index < -0.39 is 17.6 Å². The zero-order chi connectivity index (χ0) is 16.9. The molecule has 0 aliphatic carbocycles. The van der Waals surface area contributed by atoms with Crippen molar-refractivity contribution in [1.82, 2.24) is 5.43 Å². The van der Waals surface area contributed by atoms with Crippen molar-refractivity contribution in [3.05, 3.63) is 65.2 Å². The Morgan fingerprint density at radius 2 is 1.91 bits per heavy atom. The van der Waals surface area contributed by atoms with Crippen molar-refractivity contribution in [1.29, 1.82) is 0 Å². The lowest BCUT2D eigenvalue weighted by Gasteiger charge is -2.09. The fourth-order valence-corrected chi connectivity index (χ4v) is 1.86. The maximum atomic E-state index is 12.8. The Balaban J connectivity index is 2.12. The first-order valence-electron chi connectivity index (χ1n) is 6.55. The summed E-state index contributed by atoms with van der Waals surface area (Å²) in [5, 5.41) is 3.58. The molecule has 0 saturated carbocycles. The lowest BCUT2D eigenvalue weighted by molar-refractivity contribution is -0.137. The van der Waals surface area contributed by atoms with Gasteiger partial charge in [-0.2, -0.15) is 18.3 Å². The quantitative estimate of drug-likeness (QED) is 0.692. The molecule has 0 aromatic heterocycles. The van der Waals surface area contributed by atoms with Crippen molar-refractivity contribution in [2.24, 2.45) is 5.10 Å². The van der Waals surface area contributed by atoms with Crippen molar-refractivity contribution in [3.63, 3.8) is 0 Å². The monoisotopic (exact) mass is 322 g/mol. The van der Waals surface area contributed by atoms with E-state index in [9.17, 15) is 18.0 Å². The average molecular weight is 322 g/mol. The molecule has 23 heavy (non-hydrogen) atoms. The van der Waals surface area contributed by atoms with Crippen LogP contribution >= 0.6 is 0 Å². The molecule has 0 unspecified atom stereocenters. The number of halogens is 3. The maximum Gasteiger partial charge on any atom is 0.417 e. The molecule has 0 saturated heterocycles. The van der Waals surface area contributed by atoms with Crippen LogP contribution in [0.2, 0.25) is 0 Å². The average Bonchev–Trinajstić information content (AvgIpc) is 2.54. The minimum atomic E-state index is -4.49. The van der Waals surface area contributed by atoms with Crippen LogP contribution in [0.3, 0.4) is 0 Å². The van der Waals surface area contributed by atoms with Gasteiger partial charge in [0.05, 0.1) is 18.9 Å². The predicted molar refractivity (Wildman–Crippen MR) is 79.5 cm³/mol. The van der Waals surface area contributed by atoms with Gasteiger partial charge in [0.25, 0.3) is 5.91 Å². The summed E-state index contributed by atoms with van der Waals surface area (Å²) in [6.45, 7) is 0. The summed E-state index contributed by atoms with van der Waals surface area (Å²) < 4.78 is 43.4. The second kappa shape index (κ2) is 6.95. The summed E-state index contributed by atoms with van der Waals surface area (Å²) in [7, 11) is 1.46. The first-order chi connectivity index (χ1) is 10.9. The number of rotatable bonds is 4. The molecule has 2 rings (SSSR count). The summed E-state index contributed by atoms with van der Waals surface area (Å²) in [5.41, 5.74) is 1.51. The molecule has 0 aliphatic heterocycles. The Hall–Kier alpha value is -2.83. The first-order valence-corrected chi connectivity index (χ1v) is 6.55. The normalized spacial score (nSPS) is 11.5. The van der Waals surface area contributed by atoms with Crippen molar-refractivity contribution >= 4 is 12.1 Å². The first kappa shape index (κ1) is 16.5. The van der Waals surface area contributed by atoms with Gasteiger partial charge in [0.2, 0.25) is 0 Å². The van der Waals surface area contributed by atoms with Gasteiger partial charge in [-0.3, -0.25) is 4.79 Å². The summed E-state index contributed by atoms with van der Waals surface area (Å²) in [5.74, 6) is -0.0614. The number of methoxy groups -OCH3 is 1. The number of benzene rings is 2. The largest absolute Gasteiger partial charge is 0.497 e. The van der Waals surface area contributed by atoms with E-state index in [-0.39, 0.29) is 11.1 Å². The zero-order valence-corrected chi connectivity index (χ0v) is 12.1. The third-order valence-corrected chi connectivity index (χ3v) is 2.97. The number of carbonyl (C=O) groups is 1. The minimum Gasteiger partial charge on any atom is -0.497 e. The topological polar surface area (TPSA) is 50.7 Å². The Kier molecular flexibility index (Phi) is 5.00. The zero-order valence-electron chi connectivity index (χ0n) is 12.1. The Labute approximate surface area is 130 Å². The highest BCUT2D eigenvalue weighted by molar-refractivity contribution is 5.95. The summed E-state index contributed by atoms with van der Waals surface area (Å²) in [6, 6.07) is 11.3. The summed E-state index contributed by atoms with van der Waals surface area (Å²) in [6.07, 6.45) is -3.53. The summed E-state index contributed by atoms with van der Waals surface area (Å²) >= 11 is 0. The van der Waals surface area contributed by atoms with E-state index in [4.69, 9.17) is 4.74 Å². The number of alkyl halides is 3. The Morgan fingerprint density at radius 3 is 2.61 bits per heavy atom. The van der Waals surface area contributed by atoms with Crippen molar-refractivity contribution in [2.75, 3.05) is 7.11 Å². The molecule has 2 aromatic carbocycles. The van der Waals surface area contributed by atoms with Crippen LogP contribution in [0.4, 0.5) is 13.2 Å². The number of amides is 1. The van der Waals surface area contributed by atoms with Gasteiger partial charge in [-0.05, 0) is 24.3 Å². The molecule has 0 aliphatic rings. The van der Waals surface area contributed by atoms with E-state index in [1.54, 1.807) is 12.1 Å². The van der Waals surface area contributed by atoms with Crippen LogP contribution in [0.25, 0.3) is 0 Å². The third-order valence-electron chi connectivity index (χ3n) is 2.97. The molecule has 2 aromatic rings. The fourth-order valence-electron chi connectivity index (χ4n) is 1.86. The lowest BCUT2D eigenvalue weighted by Crippen LogP contribution is -2.18. The van der Waals surface area contributed by atoms with Crippen LogP contribution in [0.1, 0.15) is 21.5 Å². The fraction of sp³-hybridized carbons (Fsp3) is 0.125. The molecular weight excluding hydrogens is 309 g/mol. The molecule has 120 valence electrons. The van der Waals surface area contributed by atoms with Gasteiger partial charge in [0.1, 0.15) is 5.75 Å². The third kappa shape index (κ3) is 4.32. The molecule has 0 spiro atoms. The molecule has 0 heterocycles. The highest BCUT2D eigenvalue weighted by Crippen LogP contribution is 2.31. The van der Waals surface area contributed by atoms with Gasteiger partial charge in [0, 0.05) is 11.1 Å². The molecule has 7 heteroatoms. The van der Waals surface area contributed by atoms with E-state index in [2.05, 4.69) is 10.5 Å². The molecular formula is C16H13F3N2O2. The molecule has 1 N–H and O–H groups in total. The lowest BCUT2D eigenvalue weighted by atomic mass is 10.1. The van der Waals surface area contributed by atoms with Gasteiger partial charge >= 0.3 is 6.18 Å². The molecule has 1 amide bonds. The molecule has 4 nitrogen and oxygen atoms in total. The summed E-state index contributed by atoms with van der Waals surface area (Å²) in [4.78, 5) is 11.9. The SMILES string of the molecule is COc1cccc(C(=O)N/N=C\c2ccccc2C(F)(F)F)c1. The number of nitrogens with zero attached hydrogens (tertiary/aromatic N) is 1. The van der Waals surface area contributed by atoms with Gasteiger partial charge < -0.3 is 4.74 Å². The number of ether oxygens (including phenoxy) is 1. The van der Waals surface area contributed by atoms with Crippen LogP contribution in [-0.4, -0.2) is 19.2 Å². The van der Waals surface area contributed by atoms with Crippen LogP contribution in [0.5, 0.6) is 5.75 Å². The second-order valence-corrected chi connectivity index (χ2v) is 4.52. The Bertz CT molecular complexity index is 727. The van der Waals surface area contributed by atoms with Crippen molar-refractivity contribution < 1.29 is 22.7 Å². The number of carbonyl (C=O) groups excluding carboxylic acids is 1. The van der Waals surface area contributed by atoms with E-state index in [1.807, 2.05) is 0 Å². The smallest absolute Gasteiger partial charge is 0.417 e. The Morgan fingerprint density at radius 1 is 1.17 bits per heavy atom. The predicted octanol–water partition coefficient (Wildman–Crippen LogP) is 3.48. The van der Waals surface area contributed by atoms with Crippen molar-refractivity contribution in [2.45, 2.75) is 6.18 Å². The minimum absolute atomic E-state index is 0.133.